The Bertz CT molecular complexity index is 1090. The summed E-state index contributed by atoms with van der Waals surface area (Å²) in [4.78, 5) is 14.2. The van der Waals surface area contributed by atoms with E-state index in [1.54, 1.807) is 7.11 Å². The summed E-state index contributed by atoms with van der Waals surface area (Å²) in [6.45, 7) is 11.2. The first-order valence-corrected chi connectivity index (χ1v) is 11.5. The van der Waals surface area contributed by atoms with Gasteiger partial charge in [0.25, 0.3) is 0 Å². The van der Waals surface area contributed by atoms with Crippen LogP contribution >= 0.6 is 24.0 Å². The highest BCUT2D eigenvalue weighted by Crippen LogP contribution is 2.28. The summed E-state index contributed by atoms with van der Waals surface area (Å²) >= 11 is 0. The molecule has 2 aromatic heterocycles. The van der Waals surface area contributed by atoms with Crippen molar-refractivity contribution in [3.63, 3.8) is 0 Å². The lowest BCUT2D eigenvalue weighted by Gasteiger charge is -2.38. The van der Waals surface area contributed by atoms with Crippen molar-refractivity contribution in [3.05, 3.63) is 65.6 Å². The zero-order valence-corrected chi connectivity index (χ0v) is 22.7. The molecule has 0 spiro atoms. The Morgan fingerprint density at radius 3 is 2.47 bits per heavy atom. The number of rotatable bonds is 6. The Morgan fingerprint density at radius 2 is 1.85 bits per heavy atom. The Labute approximate surface area is 219 Å². The fourth-order valence-electron chi connectivity index (χ4n) is 4.14. The molecule has 0 atom stereocenters. The summed E-state index contributed by atoms with van der Waals surface area (Å²) in [5, 5.41) is 7.95. The van der Waals surface area contributed by atoms with Crippen molar-refractivity contribution in [1.29, 1.82) is 0 Å². The maximum absolute atomic E-state index is 5.54. The molecule has 1 aliphatic heterocycles. The van der Waals surface area contributed by atoms with Crippen molar-refractivity contribution < 1.29 is 4.74 Å². The number of pyridine rings is 1. The van der Waals surface area contributed by atoms with Crippen molar-refractivity contribution in [2.24, 2.45) is 4.99 Å². The topological polar surface area (TPSA) is 70.8 Å². The number of piperazine rings is 1. The molecule has 9 heteroatoms. The van der Waals surface area contributed by atoms with E-state index in [9.17, 15) is 0 Å². The van der Waals surface area contributed by atoms with Gasteiger partial charge in [-0.05, 0) is 50.6 Å². The first-order valence-electron chi connectivity index (χ1n) is 11.5. The van der Waals surface area contributed by atoms with Gasteiger partial charge < -0.3 is 19.9 Å². The second kappa shape index (κ2) is 12.0. The van der Waals surface area contributed by atoms with Crippen LogP contribution in [0.3, 0.4) is 0 Å². The lowest BCUT2D eigenvalue weighted by Crippen LogP contribution is -2.52. The third-order valence-corrected chi connectivity index (χ3v) is 5.79. The number of aryl methyl sites for hydroxylation is 2. The minimum Gasteiger partial charge on any atom is -0.495 e. The third-order valence-electron chi connectivity index (χ3n) is 5.79. The molecule has 0 unspecified atom stereocenters. The van der Waals surface area contributed by atoms with Crippen molar-refractivity contribution in [1.82, 2.24) is 25.0 Å². The van der Waals surface area contributed by atoms with Crippen LogP contribution in [0.4, 0.5) is 5.69 Å². The molecule has 182 valence electrons. The monoisotopic (exact) mass is 575 g/mol. The van der Waals surface area contributed by atoms with Crippen LogP contribution in [0, 0.1) is 13.8 Å². The molecule has 0 saturated carbocycles. The number of para-hydroxylation sites is 2. The van der Waals surface area contributed by atoms with Crippen LogP contribution in [-0.4, -0.2) is 65.5 Å². The fraction of sp³-hybridized carbons (Fsp3) is 0.400. The Hall–Kier alpha value is -2.82. The number of halogens is 1. The summed E-state index contributed by atoms with van der Waals surface area (Å²) in [6.07, 6.45) is 1.89. The van der Waals surface area contributed by atoms with Gasteiger partial charge in [-0.25, -0.2) is 14.7 Å². The number of hydrogen-bond donors (Lipinski definition) is 1. The predicted molar refractivity (Wildman–Crippen MR) is 148 cm³/mol. The number of nitrogens with zero attached hydrogens (tertiary/aromatic N) is 6. The minimum absolute atomic E-state index is 0. The van der Waals surface area contributed by atoms with Crippen LogP contribution in [0.25, 0.3) is 5.82 Å². The lowest BCUT2D eigenvalue weighted by atomic mass is 10.2. The summed E-state index contributed by atoms with van der Waals surface area (Å²) < 4.78 is 7.41. The van der Waals surface area contributed by atoms with E-state index in [4.69, 9.17) is 9.73 Å². The Balaban J connectivity index is 0.00000324. The van der Waals surface area contributed by atoms with Crippen molar-refractivity contribution in [3.8, 4) is 11.6 Å². The van der Waals surface area contributed by atoms with E-state index in [0.717, 1.165) is 72.9 Å². The van der Waals surface area contributed by atoms with Crippen LogP contribution in [0.5, 0.6) is 5.75 Å². The number of aromatic nitrogens is 3. The number of hydrogen-bond acceptors (Lipinski definition) is 5. The summed E-state index contributed by atoms with van der Waals surface area (Å²) in [5.41, 5.74) is 4.29. The molecule has 1 aromatic carbocycles. The highest BCUT2D eigenvalue weighted by Gasteiger charge is 2.21. The van der Waals surface area contributed by atoms with Gasteiger partial charge in [0.15, 0.2) is 11.8 Å². The van der Waals surface area contributed by atoms with Gasteiger partial charge in [-0.2, -0.15) is 5.10 Å². The number of aliphatic imine (C=N–C) groups is 1. The Kier molecular flexibility index (Phi) is 9.14. The SMILES string of the molecule is CCNC(=NCc1ccc(-n2nc(C)cc2C)nc1)N1CCN(c2ccccc2OC)CC1.I. The first kappa shape index (κ1) is 25.8. The van der Waals surface area contributed by atoms with Gasteiger partial charge in [-0.1, -0.05) is 18.2 Å². The number of ether oxygens (including phenoxy) is 1. The molecule has 0 aliphatic carbocycles. The molecule has 0 bridgehead atoms. The van der Waals surface area contributed by atoms with E-state index >= 15 is 0 Å². The van der Waals surface area contributed by atoms with E-state index in [0.29, 0.717) is 6.54 Å². The number of guanidine groups is 1. The molecule has 8 nitrogen and oxygen atoms in total. The van der Waals surface area contributed by atoms with Crippen LogP contribution in [0.1, 0.15) is 23.9 Å². The second-order valence-electron chi connectivity index (χ2n) is 8.18. The van der Waals surface area contributed by atoms with Gasteiger partial charge in [-0.15, -0.1) is 24.0 Å². The van der Waals surface area contributed by atoms with Crippen LogP contribution in [-0.2, 0) is 6.54 Å². The molecule has 1 N–H and O–H groups in total. The van der Waals surface area contributed by atoms with Crippen molar-refractivity contribution >= 4 is 35.6 Å². The van der Waals surface area contributed by atoms with Crippen molar-refractivity contribution in [2.45, 2.75) is 27.3 Å². The Morgan fingerprint density at radius 1 is 1.09 bits per heavy atom. The molecule has 34 heavy (non-hydrogen) atoms. The zero-order valence-electron chi connectivity index (χ0n) is 20.4. The van der Waals surface area contributed by atoms with Gasteiger partial charge in [0, 0.05) is 44.6 Å². The maximum Gasteiger partial charge on any atom is 0.194 e. The average Bonchev–Trinajstić information content (AvgIpc) is 3.20. The highest BCUT2D eigenvalue weighted by molar-refractivity contribution is 14.0. The lowest BCUT2D eigenvalue weighted by molar-refractivity contribution is 0.367. The van der Waals surface area contributed by atoms with E-state index in [1.807, 2.05) is 42.9 Å². The molecule has 0 amide bonds. The first-order chi connectivity index (χ1) is 16.1. The smallest absolute Gasteiger partial charge is 0.194 e. The van der Waals surface area contributed by atoms with Crippen LogP contribution in [0.15, 0.2) is 53.7 Å². The molecule has 1 saturated heterocycles. The number of anilines is 1. The normalized spacial score (nSPS) is 14.1. The standard InChI is InChI=1S/C25H33N7O.HI/c1-5-26-25(31-14-12-30(13-15-31)22-8-6-7-9-23(22)33-4)28-18-21-10-11-24(27-17-21)32-20(3)16-19(2)29-32;/h6-11,16-17H,5,12-15,18H2,1-4H3,(H,26,28);1H. The van der Waals surface area contributed by atoms with E-state index in [-0.39, 0.29) is 24.0 Å². The molecule has 3 aromatic rings. The molecule has 4 rings (SSSR count). The van der Waals surface area contributed by atoms with Gasteiger partial charge in [0.2, 0.25) is 0 Å². The van der Waals surface area contributed by atoms with Gasteiger partial charge in [-0.3, -0.25) is 0 Å². The molecule has 1 aliphatic rings. The van der Waals surface area contributed by atoms with Gasteiger partial charge in [0.05, 0.1) is 25.0 Å². The van der Waals surface area contributed by atoms with Gasteiger partial charge in [0.1, 0.15) is 5.75 Å². The van der Waals surface area contributed by atoms with Crippen molar-refractivity contribution in [2.75, 3.05) is 44.7 Å². The minimum atomic E-state index is 0. The molecular formula is C25H34IN7O. The molecule has 1 fully saturated rings. The van der Waals surface area contributed by atoms with E-state index in [1.165, 1.54) is 0 Å². The van der Waals surface area contributed by atoms with Gasteiger partial charge >= 0.3 is 0 Å². The predicted octanol–water partition coefficient (Wildman–Crippen LogP) is 3.80. The molecule has 0 radical (unpaired) electrons. The second-order valence-corrected chi connectivity index (χ2v) is 8.18. The average molecular weight is 575 g/mol. The number of benzene rings is 1. The number of nitrogens with one attached hydrogen (secondary N) is 1. The maximum atomic E-state index is 5.54. The third kappa shape index (κ3) is 5.99. The zero-order chi connectivity index (χ0) is 23.2. The summed E-state index contributed by atoms with van der Waals surface area (Å²) in [5.74, 6) is 2.69. The van der Waals surface area contributed by atoms with E-state index < -0.39 is 0 Å². The molecule has 3 heterocycles. The quantitative estimate of drug-likeness (QED) is 0.274. The fourth-order valence-corrected chi connectivity index (χ4v) is 4.14. The molecular weight excluding hydrogens is 541 g/mol. The van der Waals surface area contributed by atoms with Crippen LogP contribution in [0.2, 0.25) is 0 Å². The summed E-state index contributed by atoms with van der Waals surface area (Å²) in [7, 11) is 1.73. The largest absolute Gasteiger partial charge is 0.495 e. The highest BCUT2D eigenvalue weighted by atomic mass is 127. The number of methoxy groups -OCH3 is 1. The van der Waals surface area contributed by atoms with Crippen LogP contribution < -0.4 is 15.0 Å². The van der Waals surface area contributed by atoms with E-state index in [2.05, 4.69) is 56.4 Å². The summed E-state index contributed by atoms with van der Waals surface area (Å²) in [6, 6.07) is 14.3.